The molecule has 4 heteroatoms. The summed E-state index contributed by atoms with van der Waals surface area (Å²) < 4.78 is 4.61. The van der Waals surface area contributed by atoms with Crippen molar-refractivity contribution in [2.75, 3.05) is 20.2 Å². The van der Waals surface area contributed by atoms with Crippen LogP contribution in [-0.2, 0) is 14.3 Å². The summed E-state index contributed by atoms with van der Waals surface area (Å²) in [4.78, 5) is 23.8. The van der Waals surface area contributed by atoms with E-state index in [0.29, 0.717) is 6.54 Å². The van der Waals surface area contributed by atoms with E-state index in [1.807, 2.05) is 20.8 Å². The van der Waals surface area contributed by atoms with Crippen LogP contribution < -0.4 is 0 Å². The minimum atomic E-state index is -0.778. The van der Waals surface area contributed by atoms with Gasteiger partial charge in [-0.1, -0.05) is 20.8 Å². The average Bonchev–Trinajstić information content (AvgIpc) is 2.00. The predicted octanol–water partition coefficient (Wildman–Crippen LogP) is 1.05. The van der Waals surface area contributed by atoms with Crippen molar-refractivity contribution in [1.82, 2.24) is 4.90 Å². The zero-order valence-corrected chi connectivity index (χ0v) is 9.59. The molecule has 4 nitrogen and oxygen atoms in total. The number of esters is 1. The Hall–Kier alpha value is -1.06. The molecule has 0 aromatic rings. The number of hydrogen-bond acceptors (Lipinski definition) is 3. The molecule has 14 heavy (non-hydrogen) atoms. The lowest BCUT2D eigenvalue weighted by Crippen LogP contribution is -2.39. The topological polar surface area (TPSA) is 46.6 Å². The molecule has 0 unspecified atom stereocenters. The first-order valence-electron chi connectivity index (χ1n) is 4.70. The molecule has 0 aliphatic rings. The normalized spacial score (nSPS) is 10.9. The third kappa shape index (κ3) is 4.84. The molecule has 0 aliphatic heterocycles. The van der Waals surface area contributed by atoms with E-state index in [9.17, 15) is 9.59 Å². The maximum absolute atomic E-state index is 11.4. The van der Waals surface area contributed by atoms with E-state index in [4.69, 9.17) is 0 Å². The van der Waals surface area contributed by atoms with Crippen molar-refractivity contribution in [3.8, 4) is 0 Å². The first-order chi connectivity index (χ1) is 6.28. The van der Waals surface area contributed by atoms with E-state index in [1.54, 1.807) is 14.0 Å². The maximum atomic E-state index is 11.4. The van der Waals surface area contributed by atoms with Crippen molar-refractivity contribution < 1.29 is 14.3 Å². The molecule has 0 radical (unpaired) electrons. The number of rotatable bonds is 2. The van der Waals surface area contributed by atoms with Crippen LogP contribution in [0.1, 0.15) is 27.7 Å². The highest BCUT2D eigenvalue weighted by Gasteiger charge is 2.23. The van der Waals surface area contributed by atoms with Gasteiger partial charge in [0.05, 0.1) is 6.61 Å². The van der Waals surface area contributed by atoms with Gasteiger partial charge in [-0.25, -0.2) is 4.79 Å². The molecule has 0 saturated heterocycles. The number of ether oxygens (including phenoxy) is 1. The molecule has 0 spiro atoms. The van der Waals surface area contributed by atoms with Crippen molar-refractivity contribution >= 4 is 11.9 Å². The molecule has 0 bridgehead atoms. The van der Waals surface area contributed by atoms with Gasteiger partial charge in [-0.2, -0.15) is 0 Å². The minimum absolute atomic E-state index is 0.0170. The molecule has 0 fully saturated rings. The van der Waals surface area contributed by atoms with Gasteiger partial charge in [0.25, 0.3) is 0 Å². The average molecular weight is 201 g/mol. The Morgan fingerprint density at radius 1 is 1.29 bits per heavy atom. The van der Waals surface area contributed by atoms with Gasteiger partial charge in [-0.05, 0) is 12.3 Å². The second-order valence-electron chi connectivity index (χ2n) is 4.44. The standard InChI is InChI=1S/C10H19NO3/c1-6-14-9(13)8(12)11(5)7-10(2,3)4/h6-7H2,1-5H3. The molecule has 0 atom stereocenters. The largest absolute Gasteiger partial charge is 0.459 e. The van der Waals surface area contributed by atoms with Crippen LogP contribution in [0.5, 0.6) is 0 Å². The molecule has 0 rings (SSSR count). The van der Waals surface area contributed by atoms with Crippen molar-refractivity contribution in [1.29, 1.82) is 0 Å². The SMILES string of the molecule is CCOC(=O)C(=O)N(C)CC(C)(C)C. The lowest BCUT2D eigenvalue weighted by molar-refractivity contribution is -0.159. The minimum Gasteiger partial charge on any atom is -0.459 e. The number of amides is 1. The van der Waals surface area contributed by atoms with E-state index in [1.165, 1.54) is 4.90 Å². The smallest absolute Gasteiger partial charge is 0.396 e. The quantitative estimate of drug-likeness (QED) is 0.495. The van der Waals surface area contributed by atoms with Crippen molar-refractivity contribution in [2.24, 2.45) is 5.41 Å². The van der Waals surface area contributed by atoms with Gasteiger partial charge in [0, 0.05) is 13.6 Å². The molecule has 0 aromatic heterocycles. The number of hydrogen-bond donors (Lipinski definition) is 0. The van der Waals surface area contributed by atoms with Crippen LogP contribution in [0.3, 0.4) is 0 Å². The summed E-state index contributed by atoms with van der Waals surface area (Å²) in [5.41, 5.74) is -0.0170. The summed E-state index contributed by atoms with van der Waals surface area (Å²) in [6.45, 7) is 8.44. The summed E-state index contributed by atoms with van der Waals surface area (Å²) >= 11 is 0. The Morgan fingerprint density at radius 3 is 2.14 bits per heavy atom. The van der Waals surface area contributed by atoms with Gasteiger partial charge < -0.3 is 9.64 Å². The zero-order valence-electron chi connectivity index (χ0n) is 9.59. The fourth-order valence-electron chi connectivity index (χ4n) is 1.13. The molecular weight excluding hydrogens is 182 g/mol. The van der Waals surface area contributed by atoms with Gasteiger partial charge in [0.1, 0.15) is 0 Å². The van der Waals surface area contributed by atoms with Crippen LogP contribution in [0, 0.1) is 5.41 Å². The fraction of sp³-hybridized carbons (Fsp3) is 0.800. The van der Waals surface area contributed by atoms with E-state index in [0.717, 1.165) is 0 Å². The summed E-state index contributed by atoms with van der Waals surface area (Å²) in [6, 6.07) is 0. The summed E-state index contributed by atoms with van der Waals surface area (Å²) in [5.74, 6) is -1.36. The molecule has 0 N–H and O–H groups in total. The van der Waals surface area contributed by atoms with Crippen LogP contribution >= 0.6 is 0 Å². The van der Waals surface area contributed by atoms with E-state index in [-0.39, 0.29) is 12.0 Å². The van der Waals surface area contributed by atoms with Gasteiger partial charge in [-0.15, -0.1) is 0 Å². The number of carbonyl (C=O) groups is 2. The van der Waals surface area contributed by atoms with Gasteiger partial charge in [0.2, 0.25) is 0 Å². The van der Waals surface area contributed by atoms with Crippen molar-refractivity contribution in [3.63, 3.8) is 0 Å². The molecule has 1 amide bonds. The lowest BCUT2D eigenvalue weighted by atomic mass is 9.96. The predicted molar refractivity (Wildman–Crippen MR) is 53.7 cm³/mol. The summed E-state index contributed by atoms with van der Waals surface area (Å²) in [5, 5.41) is 0. The van der Waals surface area contributed by atoms with Crippen molar-refractivity contribution in [2.45, 2.75) is 27.7 Å². The first-order valence-corrected chi connectivity index (χ1v) is 4.70. The molecule has 0 aliphatic carbocycles. The number of nitrogens with zero attached hydrogens (tertiary/aromatic N) is 1. The second-order valence-corrected chi connectivity index (χ2v) is 4.44. The number of likely N-dealkylation sites (N-methyl/N-ethyl adjacent to an activating group) is 1. The monoisotopic (exact) mass is 201 g/mol. The van der Waals surface area contributed by atoms with E-state index < -0.39 is 11.9 Å². The molecule has 0 saturated carbocycles. The Labute approximate surface area is 85.2 Å². The lowest BCUT2D eigenvalue weighted by Gasteiger charge is -2.25. The molecule has 0 heterocycles. The third-order valence-corrected chi connectivity index (χ3v) is 1.51. The highest BCUT2D eigenvalue weighted by atomic mass is 16.5. The van der Waals surface area contributed by atoms with E-state index in [2.05, 4.69) is 4.74 Å². The molecular formula is C10H19NO3. The van der Waals surface area contributed by atoms with Crippen LogP contribution in [0.4, 0.5) is 0 Å². The molecule has 0 aromatic carbocycles. The van der Waals surface area contributed by atoms with Gasteiger partial charge in [0.15, 0.2) is 0 Å². The fourth-order valence-corrected chi connectivity index (χ4v) is 1.13. The third-order valence-electron chi connectivity index (χ3n) is 1.51. The van der Waals surface area contributed by atoms with Crippen LogP contribution in [0.15, 0.2) is 0 Å². The molecule has 82 valence electrons. The zero-order chi connectivity index (χ0) is 11.4. The van der Waals surface area contributed by atoms with Crippen molar-refractivity contribution in [3.05, 3.63) is 0 Å². The number of carbonyl (C=O) groups excluding carboxylic acids is 2. The highest BCUT2D eigenvalue weighted by Crippen LogP contribution is 2.14. The summed E-state index contributed by atoms with van der Waals surface area (Å²) in [7, 11) is 1.60. The Balaban J connectivity index is 4.19. The summed E-state index contributed by atoms with van der Waals surface area (Å²) in [6.07, 6.45) is 0. The Bertz CT molecular complexity index is 218. The maximum Gasteiger partial charge on any atom is 0.396 e. The first kappa shape index (κ1) is 12.9. The van der Waals surface area contributed by atoms with E-state index >= 15 is 0 Å². The second kappa shape index (κ2) is 4.98. The van der Waals surface area contributed by atoms with Crippen LogP contribution in [0.25, 0.3) is 0 Å². The van der Waals surface area contributed by atoms with Crippen LogP contribution in [0.2, 0.25) is 0 Å². The Kier molecular flexibility index (Phi) is 4.60. The van der Waals surface area contributed by atoms with Gasteiger partial charge in [-0.3, -0.25) is 4.79 Å². The van der Waals surface area contributed by atoms with Gasteiger partial charge >= 0.3 is 11.9 Å². The van der Waals surface area contributed by atoms with Crippen LogP contribution in [-0.4, -0.2) is 37.0 Å². The Morgan fingerprint density at radius 2 is 1.79 bits per heavy atom. The highest BCUT2D eigenvalue weighted by molar-refractivity contribution is 6.32.